The van der Waals surface area contributed by atoms with Crippen molar-refractivity contribution in [2.45, 2.75) is 65.0 Å². The lowest BCUT2D eigenvalue weighted by Gasteiger charge is -2.18. The van der Waals surface area contributed by atoms with Crippen LogP contribution in [0.2, 0.25) is 5.02 Å². The number of rotatable bonds is 9. The molecule has 18 heavy (non-hydrogen) atoms. The third kappa shape index (κ3) is 4.29. The Morgan fingerprint density at radius 1 is 1.28 bits per heavy atom. The molecule has 1 heterocycles. The number of aryl methyl sites for hydroxylation is 1. The van der Waals surface area contributed by atoms with Gasteiger partial charge in [-0.2, -0.15) is 5.10 Å². The molecule has 0 aliphatic rings. The second kappa shape index (κ2) is 8.54. The first-order valence-electron chi connectivity index (χ1n) is 7.13. The van der Waals surface area contributed by atoms with E-state index in [1.807, 2.05) is 11.7 Å². The molecule has 0 amide bonds. The van der Waals surface area contributed by atoms with Crippen molar-refractivity contribution >= 4 is 11.6 Å². The smallest absolute Gasteiger partial charge is 0.0834 e. The maximum absolute atomic E-state index is 6.27. The fourth-order valence-corrected chi connectivity index (χ4v) is 2.57. The van der Waals surface area contributed by atoms with Crippen LogP contribution in [-0.4, -0.2) is 16.8 Å². The maximum atomic E-state index is 6.27. The number of unbranched alkanes of at least 4 members (excludes halogenated alkanes) is 3. The van der Waals surface area contributed by atoms with E-state index in [9.17, 15) is 0 Å². The summed E-state index contributed by atoms with van der Waals surface area (Å²) in [6.07, 6.45) is 9.12. The Hall–Kier alpha value is -0.540. The zero-order valence-corrected chi connectivity index (χ0v) is 12.6. The zero-order chi connectivity index (χ0) is 13.4. The summed E-state index contributed by atoms with van der Waals surface area (Å²) in [7, 11) is 2.00. The van der Waals surface area contributed by atoms with Crippen LogP contribution in [0.15, 0.2) is 6.20 Å². The van der Waals surface area contributed by atoms with Gasteiger partial charge in [0, 0.05) is 6.54 Å². The van der Waals surface area contributed by atoms with E-state index >= 15 is 0 Å². The highest BCUT2D eigenvalue weighted by Crippen LogP contribution is 2.26. The van der Waals surface area contributed by atoms with E-state index in [4.69, 9.17) is 11.6 Å². The van der Waals surface area contributed by atoms with E-state index in [0.717, 1.165) is 30.1 Å². The fraction of sp³-hybridized carbons (Fsp3) is 0.786. The van der Waals surface area contributed by atoms with Gasteiger partial charge in [0.2, 0.25) is 0 Å². The van der Waals surface area contributed by atoms with Gasteiger partial charge in [0.15, 0.2) is 0 Å². The Kier molecular flexibility index (Phi) is 7.36. The average molecular weight is 272 g/mol. The summed E-state index contributed by atoms with van der Waals surface area (Å²) >= 11 is 6.27. The Balaban J connectivity index is 2.65. The monoisotopic (exact) mass is 271 g/mol. The van der Waals surface area contributed by atoms with Gasteiger partial charge in [-0.3, -0.25) is 4.68 Å². The molecule has 0 saturated heterocycles. The molecule has 1 N–H and O–H groups in total. The van der Waals surface area contributed by atoms with E-state index in [1.165, 1.54) is 25.7 Å². The molecule has 4 heteroatoms. The van der Waals surface area contributed by atoms with Gasteiger partial charge in [0.25, 0.3) is 0 Å². The average Bonchev–Trinajstić information content (AvgIpc) is 2.72. The van der Waals surface area contributed by atoms with Gasteiger partial charge < -0.3 is 5.32 Å². The molecule has 1 rings (SSSR count). The molecule has 0 aliphatic carbocycles. The molecule has 0 radical (unpaired) electrons. The van der Waals surface area contributed by atoms with Gasteiger partial charge in [-0.05, 0) is 19.9 Å². The van der Waals surface area contributed by atoms with Gasteiger partial charge in [-0.15, -0.1) is 0 Å². The maximum Gasteiger partial charge on any atom is 0.0834 e. The molecule has 1 aromatic heterocycles. The Labute approximate surface area is 116 Å². The van der Waals surface area contributed by atoms with E-state index < -0.39 is 0 Å². The number of nitrogens with one attached hydrogen (secondary N) is 1. The van der Waals surface area contributed by atoms with E-state index in [1.54, 1.807) is 6.20 Å². The fourth-order valence-electron chi connectivity index (χ4n) is 2.30. The minimum atomic E-state index is 0.323. The summed E-state index contributed by atoms with van der Waals surface area (Å²) in [5.74, 6) is 0. The van der Waals surface area contributed by atoms with Crippen molar-refractivity contribution in [3.8, 4) is 0 Å². The van der Waals surface area contributed by atoms with Gasteiger partial charge >= 0.3 is 0 Å². The number of hydrogen-bond acceptors (Lipinski definition) is 2. The van der Waals surface area contributed by atoms with Crippen molar-refractivity contribution < 1.29 is 0 Å². The van der Waals surface area contributed by atoms with E-state index in [0.29, 0.717) is 6.04 Å². The predicted octanol–water partition coefficient (Wildman–Crippen LogP) is 4.18. The van der Waals surface area contributed by atoms with Gasteiger partial charge in [-0.1, -0.05) is 51.1 Å². The third-order valence-corrected chi connectivity index (χ3v) is 3.58. The van der Waals surface area contributed by atoms with Gasteiger partial charge in [-0.25, -0.2) is 0 Å². The largest absolute Gasteiger partial charge is 0.312 e. The van der Waals surface area contributed by atoms with Crippen LogP contribution in [0.3, 0.4) is 0 Å². The van der Waals surface area contributed by atoms with Crippen molar-refractivity contribution in [3.63, 3.8) is 0 Å². The molecule has 0 aromatic carbocycles. The Morgan fingerprint density at radius 3 is 2.67 bits per heavy atom. The van der Waals surface area contributed by atoms with Crippen LogP contribution in [0.25, 0.3) is 0 Å². The van der Waals surface area contributed by atoms with Crippen LogP contribution in [0.1, 0.15) is 64.1 Å². The molecule has 1 atom stereocenters. The molecule has 0 spiro atoms. The molecule has 0 aliphatic heterocycles. The van der Waals surface area contributed by atoms with Crippen molar-refractivity contribution in [1.82, 2.24) is 15.1 Å². The van der Waals surface area contributed by atoms with Gasteiger partial charge in [0.1, 0.15) is 0 Å². The molecule has 0 saturated carbocycles. The minimum Gasteiger partial charge on any atom is -0.312 e. The van der Waals surface area contributed by atoms with Crippen molar-refractivity contribution in [2.75, 3.05) is 7.05 Å². The lowest BCUT2D eigenvalue weighted by molar-refractivity contribution is 0.456. The number of nitrogens with zero attached hydrogens (tertiary/aromatic N) is 2. The predicted molar refractivity (Wildman–Crippen MR) is 78.1 cm³/mol. The SMILES string of the molecule is CCCCCCC(NC)c1c(Cl)cnn1CCC. The number of aromatic nitrogens is 2. The summed E-state index contributed by atoms with van der Waals surface area (Å²) in [4.78, 5) is 0. The van der Waals surface area contributed by atoms with Crippen molar-refractivity contribution in [2.24, 2.45) is 0 Å². The summed E-state index contributed by atoms with van der Waals surface area (Å²) < 4.78 is 2.04. The molecule has 1 unspecified atom stereocenters. The molecule has 0 bridgehead atoms. The second-order valence-electron chi connectivity index (χ2n) is 4.79. The summed E-state index contributed by atoms with van der Waals surface area (Å²) in [5.41, 5.74) is 1.15. The van der Waals surface area contributed by atoms with Crippen molar-refractivity contribution in [1.29, 1.82) is 0 Å². The minimum absolute atomic E-state index is 0.323. The molecule has 0 fully saturated rings. The van der Waals surface area contributed by atoms with E-state index in [-0.39, 0.29) is 0 Å². The first-order chi connectivity index (χ1) is 8.74. The number of hydrogen-bond donors (Lipinski definition) is 1. The quantitative estimate of drug-likeness (QED) is 0.683. The third-order valence-electron chi connectivity index (χ3n) is 3.29. The molecular formula is C14H26ClN3. The Morgan fingerprint density at radius 2 is 2.06 bits per heavy atom. The van der Waals surface area contributed by atoms with Crippen molar-refractivity contribution in [3.05, 3.63) is 16.9 Å². The van der Waals surface area contributed by atoms with Crippen LogP contribution in [-0.2, 0) is 6.54 Å². The highest BCUT2D eigenvalue weighted by atomic mass is 35.5. The van der Waals surface area contributed by atoms with Crippen LogP contribution < -0.4 is 5.32 Å². The molecule has 1 aromatic rings. The summed E-state index contributed by atoms with van der Waals surface area (Å²) in [5, 5.41) is 8.53. The van der Waals surface area contributed by atoms with E-state index in [2.05, 4.69) is 24.3 Å². The lowest BCUT2D eigenvalue weighted by Crippen LogP contribution is -2.21. The van der Waals surface area contributed by atoms with Gasteiger partial charge in [0.05, 0.1) is 23.0 Å². The van der Waals surface area contributed by atoms with Crippen LogP contribution in [0, 0.1) is 0 Å². The highest BCUT2D eigenvalue weighted by Gasteiger charge is 2.18. The zero-order valence-electron chi connectivity index (χ0n) is 11.9. The molecular weight excluding hydrogens is 246 g/mol. The first-order valence-corrected chi connectivity index (χ1v) is 7.50. The topological polar surface area (TPSA) is 29.9 Å². The lowest BCUT2D eigenvalue weighted by atomic mass is 10.0. The van der Waals surface area contributed by atoms with Crippen LogP contribution in [0.4, 0.5) is 0 Å². The molecule has 104 valence electrons. The summed E-state index contributed by atoms with van der Waals surface area (Å²) in [6, 6.07) is 0.323. The normalized spacial score (nSPS) is 12.9. The highest BCUT2D eigenvalue weighted by molar-refractivity contribution is 6.31. The Bertz CT molecular complexity index is 336. The second-order valence-corrected chi connectivity index (χ2v) is 5.20. The van der Waals surface area contributed by atoms with Crippen LogP contribution >= 0.6 is 11.6 Å². The van der Waals surface area contributed by atoms with Crippen LogP contribution in [0.5, 0.6) is 0 Å². The number of halogens is 1. The first kappa shape index (κ1) is 15.5. The standard InChI is InChI=1S/C14H26ClN3/c1-4-6-7-8-9-13(16-3)14-12(15)11-17-18(14)10-5-2/h11,13,16H,4-10H2,1-3H3. The molecule has 3 nitrogen and oxygen atoms in total. The summed E-state index contributed by atoms with van der Waals surface area (Å²) in [6.45, 7) is 5.34.